The fourth-order valence-corrected chi connectivity index (χ4v) is 2.18. The first-order valence-corrected chi connectivity index (χ1v) is 6.36. The Balaban J connectivity index is 2.82. The topological polar surface area (TPSA) is 24.5 Å². The number of alkyl halides is 3. The Morgan fingerprint density at radius 1 is 1.25 bits per heavy atom. The normalized spacial score (nSPS) is 15.2. The number of rotatable bonds is 6. The van der Waals surface area contributed by atoms with Crippen molar-refractivity contribution >= 4 is 0 Å². The average Bonchev–Trinajstić information content (AvgIpc) is 2.38. The van der Waals surface area contributed by atoms with Gasteiger partial charge in [-0.3, -0.25) is 4.90 Å². The number of benzene rings is 1. The maximum absolute atomic E-state index is 12.5. The van der Waals surface area contributed by atoms with Gasteiger partial charge in [-0.15, -0.1) is 0 Å². The van der Waals surface area contributed by atoms with Gasteiger partial charge in [0.05, 0.1) is 13.7 Å². The number of nitrogens with one attached hydrogen (secondary N) is 1. The SMILES string of the molecule is CNC(c1ccc(OC)cc1)C(C)N(C)CC(F)(F)F. The number of ether oxygens (including phenoxy) is 1. The number of likely N-dealkylation sites (N-methyl/N-ethyl adjacent to an activating group) is 2. The van der Waals surface area contributed by atoms with Crippen LogP contribution in [-0.2, 0) is 0 Å². The van der Waals surface area contributed by atoms with Crippen LogP contribution in [0.15, 0.2) is 24.3 Å². The highest BCUT2D eigenvalue weighted by Gasteiger charge is 2.33. The first-order valence-electron chi connectivity index (χ1n) is 6.36. The molecule has 0 aromatic heterocycles. The highest BCUT2D eigenvalue weighted by Crippen LogP contribution is 2.25. The monoisotopic (exact) mass is 290 g/mol. The van der Waals surface area contributed by atoms with Crippen molar-refractivity contribution in [3.63, 3.8) is 0 Å². The van der Waals surface area contributed by atoms with Crippen molar-refractivity contribution in [3.05, 3.63) is 29.8 Å². The van der Waals surface area contributed by atoms with Gasteiger partial charge in [-0.2, -0.15) is 13.2 Å². The van der Waals surface area contributed by atoms with Gasteiger partial charge in [0.2, 0.25) is 0 Å². The van der Waals surface area contributed by atoms with E-state index >= 15 is 0 Å². The van der Waals surface area contributed by atoms with Gasteiger partial charge in [-0.1, -0.05) is 12.1 Å². The molecular formula is C14H21F3N2O. The molecule has 6 heteroatoms. The molecule has 0 bridgehead atoms. The van der Waals surface area contributed by atoms with E-state index in [1.165, 1.54) is 11.9 Å². The van der Waals surface area contributed by atoms with E-state index in [2.05, 4.69) is 5.32 Å². The third-order valence-electron chi connectivity index (χ3n) is 3.39. The van der Waals surface area contributed by atoms with Gasteiger partial charge < -0.3 is 10.1 Å². The highest BCUT2D eigenvalue weighted by molar-refractivity contribution is 5.29. The molecule has 0 heterocycles. The summed E-state index contributed by atoms with van der Waals surface area (Å²) < 4.78 is 42.4. The number of hydrogen-bond acceptors (Lipinski definition) is 3. The van der Waals surface area contributed by atoms with Crippen LogP contribution < -0.4 is 10.1 Å². The summed E-state index contributed by atoms with van der Waals surface area (Å²) in [5.41, 5.74) is 0.926. The molecule has 0 radical (unpaired) electrons. The summed E-state index contributed by atoms with van der Waals surface area (Å²) in [6.07, 6.45) is -4.19. The quantitative estimate of drug-likeness (QED) is 0.872. The summed E-state index contributed by atoms with van der Waals surface area (Å²) in [5.74, 6) is 0.722. The fraction of sp³-hybridized carbons (Fsp3) is 0.571. The second-order valence-electron chi connectivity index (χ2n) is 4.81. The van der Waals surface area contributed by atoms with E-state index in [9.17, 15) is 13.2 Å². The predicted octanol–water partition coefficient (Wildman–Crippen LogP) is 2.84. The lowest BCUT2D eigenvalue weighted by Gasteiger charge is -2.32. The molecule has 0 aliphatic rings. The first kappa shape index (κ1) is 16.8. The van der Waals surface area contributed by atoms with Crippen molar-refractivity contribution in [2.75, 3.05) is 27.7 Å². The number of halogens is 3. The summed E-state index contributed by atoms with van der Waals surface area (Å²) >= 11 is 0. The Labute approximate surface area is 117 Å². The summed E-state index contributed by atoms with van der Waals surface area (Å²) in [5, 5.41) is 3.07. The zero-order valence-electron chi connectivity index (χ0n) is 12.2. The molecule has 1 aromatic carbocycles. The molecule has 0 amide bonds. The lowest BCUT2D eigenvalue weighted by Crippen LogP contribution is -2.43. The van der Waals surface area contributed by atoms with Crippen LogP contribution in [0.2, 0.25) is 0 Å². The van der Waals surface area contributed by atoms with Crippen molar-refractivity contribution in [1.82, 2.24) is 10.2 Å². The van der Waals surface area contributed by atoms with Crippen LogP contribution >= 0.6 is 0 Å². The zero-order chi connectivity index (χ0) is 15.3. The van der Waals surface area contributed by atoms with Gasteiger partial charge >= 0.3 is 6.18 Å². The molecule has 3 nitrogen and oxygen atoms in total. The molecule has 1 rings (SSSR count). The molecule has 0 aliphatic carbocycles. The smallest absolute Gasteiger partial charge is 0.401 e. The lowest BCUT2D eigenvalue weighted by molar-refractivity contribution is -0.147. The number of nitrogens with zero attached hydrogens (tertiary/aromatic N) is 1. The molecule has 114 valence electrons. The largest absolute Gasteiger partial charge is 0.497 e. The van der Waals surface area contributed by atoms with Gasteiger partial charge in [-0.25, -0.2) is 0 Å². The molecule has 0 aliphatic heterocycles. The Kier molecular flexibility index (Phi) is 5.83. The highest BCUT2D eigenvalue weighted by atomic mass is 19.4. The standard InChI is InChI=1S/C14H21F3N2O/c1-10(19(3)9-14(15,16)17)13(18-2)11-5-7-12(20-4)8-6-11/h5-8,10,13,18H,9H2,1-4H3. The maximum Gasteiger partial charge on any atom is 0.401 e. The van der Waals surface area contributed by atoms with E-state index in [0.29, 0.717) is 0 Å². The molecule has 20 heavy (non-hydrogen) atoms. The van der Waals surface area contributed by atoms with Crippen LogP contribution in [0.3, 0.4) is 0 Å². The molecule has 0 fully saturated rings. The molecule has 2 unspecified atom stereocenters. The molecule has 0 saturated heterocycles. The maximum atomic E-state index is 12.5. The Morgan fingerprint density at radius 2 is 1.80 bits per heavy atom. The fourth-order valence-electron chi connectivity index (χ4n) is 2.18. The van der Waals surface area contributed by atoms with Crippen LogP contribution in [0.1, 0.15) is 18.5 Å². The van der Waals surface area contributed by atoms with Crippen LogP contribution in [-0.4, -0.2) is 44.9 Å². The summed E-state index contributed by atoms with van der Waals surface area (Å²) in [6, 6.07) is 6.84. The second kappa shape index (κ2) is 6.95. The molecule has 1 N–H and O–H groups in total. The van der Waals surface area contributed by atoms with E-state index in [-0.39, 0.29) is 12.1 Å². The van der Waals surface area contributed by atoms with Crippen molar-refractivity contribution in [2.24, 2.45) is 0 Å². The van der Waals surface area contributed by atoms with Gasteiger partial charge in [0.15, 0.2) is 0 Å². The Bertz CT molecular complexity index is 406. The molecule has 1 aromatic rings. The van der Waals surface area contributed by atoms with Crippen LogP contribution in [0.5, 0.6) is 5.75 Å². The van der Waals surface area contributed by atoms with Gasteiger partial charge in [0, 0.05) is 12.1 Å². The molecule has 2 atom stereocenters. The summed E-state index contributed by atoms with van der Waals surface area (Å²) in [4.78, 5) is 1.30. The van der Waals surface area contributed by atoms with Crippen LogP contribution in [0.4, 0.5) is 13.2 Å². The zero-order valence-corrected chi connectivity index (χ0v) is 12.2. The minimum Gasteiger partial charge on any atom is -0.497 e. The van der Waals surface area contributed by atoms with E-state index in [1.54, 1.807) is 33.2 Å². The van der Waals surface area contributed by atoms with E-state index < -0.39 is 12.7 Å². The molecular weight excluding hydrogens is 269 g/mol. The minimum atomic E-state index is -4.19. The molecule has 0 spiro atoms. The second-order valence-corrected chi connectivity index (χ2v) is 4.81. The third kappa shape index (κ3) is 4.68. The summed E-state index contributed by atoms with van der Waals surface area (Å²) in [6.45, 7) is 0.847. The first-order chi connectivity index (χ1) is 9.28. The minimum absolute atomic E-state index is 0.187. The van der Waals surface area contributed by atoms with E-state index in [1.807, 2.05) is 12.1 Å². The third-order valence-corrected chi connectivity index (χ3v) is 3.39. The number of hydrogen-bond donors (Lipinski definition) is 1. The van der Waals surface area contributed by atoms with Crippen molar-refractivity contribution < 1.29 is 17.9 Å². The van der Waals surface area contributed by atoms with Gasteiger partial charge in [0.1, 0.15) is 5.75 Å². The van der Waals surface area contributed by atoms with Gasteiger partial charge in [0.25, 0.3) is 0 Å². The predicted molar refractivity (Wildman–Crippen MR) is 72.9 cm³/mol. The molecule has 0 saturated carbocycles. The van der Waals surface area contributed by atoms with Crippen molar-refractivity contribution in [2.45, 2.75) is 25.2 Å². The van der Waals surface area contributed by atoms with Crippen molar-refractivity contribution in [1.29, 1.82) is 0 Å². The number of methoxy groups -OCH3 is 1. The Hall–Kier alpha value is -1.27. The van der Waals surface area contributed by atoms with Crippen LogP contribution in [0.25, 0.3) is 0 Å². The van der Waals surface area contributed by atoms with E-state index in [4.69, 9.17) is 4.74 Å². The van der Waals surface area contributed by atoms with E-state index in [0.717, 1.165) is 11.3 Å². The average molecular weight is 290 g/mol. The summed E-state index contributed by atoms with van der Waals surface area (Å²) in [7, 11) is 4.79. The van der Waals surface area contributed by atoms with Crippen molar-refractivity contribution in [3.8, 4) is 5.75 Å². The van der Waals surface area contributed by atoms with Crippen LogP contribution in [0, 0.1) is 0 Å². The van der Waals surface area contributed by atoms with Gasteiger partial charge in [-0.05, 0) is 38.7 Å². The Morgan fingerprint density at radius 3 is 2.20 bits per heavy atom. The lowest BCUT2D eigenvalue weighted by atomic mass is 9.99.